The van der Waals surface area contributed by atoms with Gasteiger partial charge in [0, 0.05) is 23.7 Å². The molecule has 0 saturated carbocycles. The number of rotatable bonds is 9. The topological polar surface area (TPSA) is 240 Å². The first-order chi connectivity index (χ1) is 15.6. The van der Waals surface area contributed by atoms with Crippen LogP contribution in [0.1, 0.15) is 24.7 Å². The van der Waals surface area contributed by atoms with Crippen molar-refractivity contribution in [1.29, 1.82) is 0 Å². The molecule has 0 radical (unpaired) electrons. The average molecular weight is 502 g/mol. The molecule has 4 atom stereocenters. The summed E-state index contributed by atoms with van der Waals surface area (Å²) >= 11 is 2.06. The molecule has 2 aliphatic rings. The van der Waals surface area contributed by atoms with Crippen molar-refractivity contribution < 1.29 is 38.9 Å². The van der Waals surface area contributed by atoms with Gasteiger partial charge in [0.05, 0.1) is 0 Å². The summed E-state index contributed by atoms with van der Waals surface area (Å²) in [6, 6.07) is -3.68. The highest BCUT2D eigenvalue weighted by atomic mass is 32.2. The second-order valence-corrected chi connectivity index (χ2v) is 8.74. The Balaban J connectivity index is 1.68. The van der Waals surface area contributed by atoms with Crippen molar-refractivity contribution in [2.24, 2.45) is 5.73 Å². The van der Waals surface area contributed by atoms with Gasteiger partial charge in [0.15, 0.2) is 17.0 Å². The van der Waals surface area contributed by atoms with Crippen molar-refractivity contribution in [1.82, 2.24) is 24.9 Å². The number of β-lactam (4-membered cyclic amide) rings is 1. The Morgan fingerprint density at radius 3 is 2.67 bits per heavy atom. The van der Waals surface area contributed by atoms with E-state index in [1.54, 1.807) is 0 Å². The Hall–Kier alpha value is -3.44. The van der Waals surface area contributed by atoms with Crippen LogP contribution in [0.15, 0.2) is 12.0 Å². The lowest BCUT2D eigenvalue weighted by Gasteiger charge is -2.48. The molecule has 3 heterocycles. The number of anilines is 1. The first kappa shape index (κ1) is 24.2. The fourth-order valence-electron chi connectivity index (χ4n) is 2.99. The average Bonchev–Trinajstić information content (AvgIpc) is 3.18. The number of hydrogen-bond donors (Lipinski definition) is 6. The molecule has 3 rings (SSSR count). The second kappa shape index (κ2) is 10.0. The van der Waals surface area contributed by atoms with Gasteiger partial charge in [-0.25, -0.2) is 9.78 Å². The van der Waals surface area contributed by atoms with E-state index in [0.717, 1.165) is 16.4 Å². The van der Waals surface area contributed by atoms with Gasteiger partial charge in [-0.2, -0.15) is 4.37 Å². The second-order valence-electron chi connectivity index (χ2n) is 6.80. The lowest BCUT2D eigenvalue weighted by atomic mass is 10.1. The van der Waals surface area contributed by atoms with Gasteiger partial charge in [-0.3, -0.25) is 24.1 Å². The van der Waals surface area contributed by atoms with Crippen LogP contribution < -0.4 is 22.1 Å². The highest BCUT2D eigenvalue weighted by Crippen LogP contribution is 2.38. The Morgan fingerprint density at radius 2 is 2.06 bits per heavy atom. The molecule has 1 aromatic heterocycles. The lowest BCUT2D eigenvalue weighted by Crippen LogP contribution is -2.70. The SMILES string of the molecule is Nc1nc([C@H](NC(=O)CC[C@@H](N)C(=O)O)C(=O)N[C@@H]2C(=O)N3C(OC(=O)O)=CCS[C@@H]23)ns1. The zero-order valence-electron chi connectivity index (χ0n) is 16.7. The smallest absolute Gasteiger partial charge is 0.480 e. The summed E-state index contributed by atoms with van der Waals surface area (Å²) in [6.07, 6.45) is -0.607. The van der Waals surface area contributed by atoms with Gasteiger partial charge in [0.1, 0.15) is 17.5 Å². The summed E-state index contributed by atoms with van der Waals surface area (Å²) in [4.78, 5) is 64.4. The molecule has 1 saturated heterocycles. The summed E-state index contributed by atoms with van der Waals surface area (Å²) < 4.78 is 8.53. The first-order valence-corrected chi connectivity index (χ1v) is 11.1. The van der Waals surface area contributed by atoms with Crippen LogP contribution in [-0.2, 0) is 23.9 Å². The van der Waals surface area contributed by atoms with E-state index >= 15 is 0 Å². The molecule has 0 bridgehead atoms. The number of nitrogens with one attached hydrogen (secondary N) is 2. The van der Waals surface area contributed by atoms with E-state index in [9.17, 15) is 24.0 Å². The minimum Gasteiger partial charge on any atom is -0.480 e. The van der Waals surface area contributed by atoms with E-state index < -0.39 is 53.3 Å². The third-order valence-electron chi connectivity index (χ3n) is 4.58. The number of nitrogen functional groups attached to an aromatic ring is 1. The molecule has 2 aliphatic heterocycles. The standard InChI is InChI=1S/C16H19N7O8S2/c17-5(14(27)28)1-2-6(24)19-8(10-21-15(18)33-22-10)11(25)20-9-12(26)23-7(31-16(29)30)3-4-32-13(9)23/h3,5,8-9,13H,1-2,4,17H2,(H,19,24)(H,20,25)(H,27,28)(H,29,30)(H2,18,21,22)/t5-,8+,9-,13+/m1/s1. The number of thioether (sulfide) groups is 1. The number of amides is 3. The normalized spacial score (nSPS) is 21.1. The van der Waals surface area contributed by atoms with E-state index in [4.69, 9.17) is 21.7 Å². The van der Waals surface area contributed by atoms with Crippen molar-refractivity contribution in [2.75, 3.05) is 11.5 Å². The zero-order chi connectivity index (χ0) is 24.3. The molecule has 33 heavy (non-hydrogen) atoms. The molecule has 0 aliphatic carbocycles. The van der Waals surface area contributed by atoms with Crippen molar-refractivity contribution in [3.05, 3.63) is 17.8 Å². The third-order valence-corrected chi connectivity index (χ3v) is 6.32. The van der Waals surface area contributed by atoms with Crippen LogP contribution in [0.3, 0.4) is 0 Å². The predicted molar refractivity (Wildman–Crippen MR) is 112 cm³/mol. The van der Waals surface area contributed by atoms with Gasteiger partial charge in [-0.1, -0.05) is 0 Å². The molecule has 0 unspecified atom stereocenters. The molecule has 1 fully saturated rings. The number of nitrogens with zero attached hydrogens (tertiary/aromatic N) is 3. The van der Waals surface area contributed by atoms with Crippen molar-refractivity contribution in [3.63, 3.8) is 0 Å². The maximum atomic E-state index is 12.9. The monoisotopic (exact) mass is 501 g/mol. The summed E-state index contributed by atoms with van der Waals surface area (Å²) in [5, 5.41) is 22.0. The number of carbonyl (C=O) groups is 5. The number of carbonyl (C=O) groups excluding carboxylic acids is 3. The van der Waals surface area contributed by atoms with Gasteiger partial charge < -0.3 is 37.1 Å². The van der Waals surface area contributed by atoms with E-state index in [1.165, 1.54) is 17.8 Å². The molecule has 8 N–H and O–H groups in total. The van der Waals surface area contributed by atoms with Crippen LogP contribution in [0.5, 0.6) is 0 Å². The molecule has 15 nitrogen and oxygen atoms in total. The number of aliphatic carboxylic acids is 1. The summed E-state index contributed by atoms with van der Waals surface area (Å²) in [5.41, 5.74) is 11.0. The number of carboxylic acids is 1. The van der Waals surface area contributed by atoms with Crippen LogP contribution in [0.2, 0.25) is 0 Å². The number of carboxylic acid groups (broad SMARTS) is 2. The van der Waals surface area contributed by atoms with Crippen LogP contribution in [0, 0.1) is 0 Å². The van der Waals surface area contributed by atoms with Gasteiger partial charge in [-0.05, 0) is 12.5 Å². The summed E-state index contributed by atoms with van der Waals surface area (Å²) in [5.74, 6) is -3.28. The van der Waals surface area contributed by atoms with E-state index in [2.05, 4.69) is 24.7 Å². The Morgan fingerprint density at radius 1 is 1.33 bits per heavy atom. The van der Waals surface area contributed by atoms with Crippen LogP contribution in [-0.4, -0.2) is 77.5 Å². The van der Waals surface area contributed by atoms with E-state index in [1.807, 2.05) is 0 Å². The predicted octanol–water partition coefficient (Wildman–Crippen LogP) is -1.59. The highest BCUT2D eigenvalue weighted by Gasteiger charge is 2.53. The molecule has 0 aromatic carbocycles. The van der Waals surface area contributed by atoms with Gasteiger partial charge in [0.2, 0.25) is 11.8 Å². The maximum absolute atomic E-state index is 12.9. The molecule has 17 heteroatoms. The number of ether oxygens (including phenoxy) is 1. The third kappa shape index (κ3) is 5.49. The van der Waals surface area contributed by atoms with Gasteiger partial charge in [-0.15, -0.1) is 11.8 Å². The first-order valence-electron chi connectivity index (χ1n) is 9.31. The quantitative estimate of drug-likeness (QED) is 0.165. The minimum atomic E-state index is -1.58. The number of aromatic nitrogens is 2. The van der Waals surface area contributed by atoms with E-state index in [-0.39, 0.29) is 29.7 Å². The molecular formula is C16H19N7O8S2. The number of fused-ring (bicyclic) bond motifs is 1. The minimum absolute atomic E-state index is 0.0410. The van der Waals surface area contributed by atoms with Crippen LogP contribution >= 0.6 is 23.3 Å². The molecule has 1 aromatic rings. The van der Waals surface area contributed by atoms with E-state index in [0.29, 0.717) is 5.75 Å². The Labute approximate surface area is 193 Å². The zero-order valence-corrected chi connectivity index (χ0v) is 18.3. The Kier molecular flexibility index (Phi) is 7.34. The fraction of sp³-hybridized carbons (Fsp3) is 0.438. The van der Waals surface area contributed by atoms with Crippen LogP contribution in [0.25, 0.3) is 0 Å². The summed E-state index contributed by atoms with van der Waals surface area (Å²) in [6.45, 7) is 0. The molecular weight excluding hydrogens is 482 g/mol. The molecule has 178 valence electrons. The Bertz CT molecular complexity index is 1010. The molecule has 3 amide bonds. The molecule has 0 spiro atoms. The lowest BCUT2D eigenvalue weighted by molar-refractivity contribution is -0.149. The van der Waals surface area contributed by atoms with Crippen molar-refractivity contribution in [3.8, 4) is 0 Å². The number of nitrogens with two attached hydrogens (primary N) is 2. The number of hydrogen-bond acceptors (Lipinski definition) is 12. The summed E-state index contributed by atoms with van der Waals surface area (Å²) in [7, 11) is 0. The maximum Gasteiger partial charge on any atom is 0.512 e. The fourth-order valence-corrected chi connectivity index (χ4v) is 4.63. The van der Waals surface area contributed by atoms with Gasteiger partial charge >= 0.3 is 12.1 Å². The van der Waals surface area contributed by atoms with Crippen molar-refractivity contribution in [2.45, 2.75) is 36.3 Å². The van der Waals surface area contributed by atoms with Gasteiger partial charge in [0.25, 0.3) is 11.8 Å². The van der Waals surface area contributed by atoms with Crippen LogP contribution in [0.4, 0.5) is 9.93 Å². The largest absolute Gasteiger partial charge is 0.512 e. The van der Waals surface area contributed by atoms with Crippen molar-refractivity contribution >= 4 is 58.3 Å². The highest BCUT2D eigenvalue weighted by molar-refractivity contribution is 8.00.